The van der Waals surface area contributed by atoms with Crippen molar-refractivity contribution in [2.45, 2.75) is 11.3 Å². The number of para-hydroxylation sites is 1. The molecule has 0 fully saturated rings. The van der Waals surface area contributed by atoms with Gasteiger partial charge in [0.2, 0.25) is 0 Å². The number of carbonyl (C=O) groups is 1. The minimum Gasteiger partial charge on any atom is -0.482 e. The predicted octanol–water partition coefficient (Wildman–Crippen LogP) is 2.91. The highest BCUT2D eigenvalue weighted by molar-refractivity contribution is 7.91. The van der Waals surface area contributed by atoms with Gasteiger partial charge in [-0.05, 0) is 42.3 Å². The topological polar surface area (TPSA) is 69.7 Å². The first-order chi connectivity index (χ1) is 11.4. The van der Waals surface area contributed by atoms with E-state index in [9.17, 15) is 13.2 Å². The number of halogens is 1. The van der Waals surface area contributed by atoms with Crippen molar-refractivity contribution in [1.29, 1.82) is 0 Å². The zero-order chi connectivity index (χ0) is 17.6. The Morgan fingerprint density at radius 1 is 1.08 bits per heavy atom. The molecule has 0 unspecified atom stereocenters. The van der Waals surface area contributed by atoms with E-state index in [0.717, 1.165) is 0 Å². The lowest BCUT2D eigenvalue weighted by atomic mass is 10.1. The van der Waals surface area contributed by atoms with Gasteiger partial charge in [0.15, 0.2) is 16.4 Å². The van der Waals surface area contributed by atoms with E-state index >= 15 is 0 Å². The molecule has 0 aliphatic heterocycles. The van der Waals surface area contributed by atoms with Crippen molar-refractivity contribution in [2.75, 3.05) is 19.5 Å². The average Bonchev–Trinajstić information content (AvgIpc) is 2.59. The van der Waals surface area contributed by atoms with Gasteiger partial charge in [-0.2, -0.15) is 0 Å². The molecule has 0 spiro atoms. The average molecular weight is 369 g/mol. The Labute approximate surface area is 146 Å². The van der Waals surface area contributed by atoms with Crippen LogP contribution in [0.25, 0.3) is 0 Å². The van der Waals surface area contributed by atoms with Gasteiger partial charge in [0, 0.05) is 5.02 Å². The van der Waals surface area contributed by atoms with Crippen LogP contribution < -0.4 is 4.74 Å². The van der Waals surface area contributed by atoms with Crippen LogP contribution >= 0.6 is 11.6 Å². The molecule has 0 N–H and O–H groups in total. The monoisotopic (exact) mass is 368 g/mol. The van der Waals surface area contributed by atoms with E-state index in [2.05, 4.69) is 4.74 Å². The molecule has 0 saturated carbocycles. The standard InChI is InChI=1S/C17H17ClO5S/c1-22-17(19)12-23-16-5-3-2-4-13(16)10-11-24(20,21)15-8-6-14(18)7-9-15/h2-9H,10-12H2,1H3. The smallest absolute Gasteiger partial charge is 0.343 e. The van der Waals surface area contributed by atoms with E-state index in [1.54, 1.807) is 36.4 Å². The maximum atomic E-state index is 12.4. The van der Waals surface area contributed by atoms with Gasteiger partial charge in [-0.25, -0.2) is 13.2 Å². The molecule has 0 aromatic heterocycles. The Kier molecular flexibility index (Phi) is 6.23. The first kappa shape index (κ1) is 18.3. The van der Waals surface area contributed by atoms with Gasteiger partial charge in [0.25, 0.3) is 0 Å². The summed E-state index contributed by atoms with van der Waals surface area (Å²) >= 11 is 5.78. The van der Waals surface area contributed by atoms with Crippen molar-refractivity contribution in [3.05, 3.63) is 59.1 Å². The molecule has 7 heteroatoms. The van der Waals surface area contributed by atoms with Crippen molar-refractivity contribution in [2.24, 2.45) is 0 Å². The lowest BCUT2D eigenvalue weighted by molar-refractivity contribution is -0.142. The van der Waals surface area contributed by atoms with Gasteiger partial charge in [-0.15, -0.1) is 0 Å². The molecule has 0 atom stereocenters. The van der Waals surface area contributed by atoms with Crippen LogP contribution in [0.1, 0.15) is 5.56 Å². The molecule has 128 valence electrons. The van der Waals surface area contributed by atoms with Crippen LogP contribution in [0.2, 0.25) is 5.02 Å². The van der Waals surface area contributed by atoms with Crippen LogP contribution in [0.5, 0.6) is 5.75 Å². The SMILES string of the molecule is COC(=O)COc1ccccc1CCS(=O)(=O)c1ccc(Cl)cc1. The third-order valence-corrected chi connectivity index (χ3v) is 5.34. The number of aryl methyl sites for hydroxylation is 1. The first-order valence-corrected chi connectivity index (χ1v) is 9.21. The van der Waals surface area contributed by atoms with Crippen LogP contribution in [0.3, 0.4) is 0 Å². The number of esters is 1. The number of methoxy groups -OCH3 is 1. The summed E-state index contributed by atoms with van der Waals surface area (Å²) < 4.78 is 34.7. The molecule has 2 aromatic rings. The first-order valence-electron chi connectivity index (χ1n) is 7.18. The van der Waals surface area contributed by atoms with Crippen LogP contribution in [0.15, 0.2) is 53.4 Å². The van der Waals surface area contributed by atoms with E-state index in [1.165, 1.54) is 19.2 Å². The number of hydrogen-bond acceptors (Lipinski definition) is 5. The molecule has 0 heterocycles. The summed E-state index contributed by atoms with van der Waals surface area (Å²) in [5, 5.41) is 0.482. The highest BCUT2D eigenvalue weighted by atomic mass is 35.5. The number of rotatable bonds is 7. The zero-order valence-electron chi connectivity index (χ0n) is 13.1. The van der Waals surface area contributed by atoms with Crippen molar-refractivity contribution < 1.29 is 22.7 Å². The van der Waals surface area contributed by atoms with Crippen molar-refractivity contribution in [3.63, 3.8) is 0 Å². The fraction of sp³-hybridized carbons (Fsp3) is 0.235. The fourth-order valence-corrected chi connectivity index (χ4v) is 3.45. The predicted molar refractivity (Wildman–Crippen MR) is 91.2 cm³/mol. The largest absolute Gasteiger partial charge is 0.482 e. The molecule has 24 heavy (non-hydrogen) atoms. The normalized spacial score (nSPS) is 11.1. The summed E-state index contributed by atoms with van der Waals surface area (Å²) in [6.07, 6.45) is 0.266. The van der Waals surface area contributed by atoms with Gasteiger partial charge >= 0.3 is 5.97 Å². The van der Waals surface area contributed by atoms with Gasteiger partial charge < -0.3 is 9.47 Å². The molecular formula is C17H17ClO5S. The molecular weight excluding hydrogens is 352 g/mol. The van der Waals surface area contributed by atoms with Crippen LogP contribution in [-0.4, -0.2) is 33.9 Å². The van der Waals surface area contributed by atoms with E-state index < -0.39 is 15.8 Å². The minimum atomic E-state index is -3.43. The van der Waals surface area contributed by atoms with Crippen LogP contribution in [-0.2, 0) is 25.8 Å². The van der Waals surface area contributed by atoms with Gasteiger partial charge in [-0.3, -0.25) is 0 Å². The second-order valence-electron chi connectivity index (χ2n) is 5.00. The third kappa shape index (κ3) is 4.97. The van der Waals surface area contributed by atoms with E-state index in [1.807, 2.05) is 0 Å². The molecule has 5 nitrogen and oxygen atoms in total. The number of sulfone groups is 1. The molecule has 0 radical (unpaired) electrons. The molecule has 0 aliphatic rings. The second kappa shape index (κ2) is 8.17. The Hall–Kier alpha value is -2.05. The molecule has 0 amide bonds. The third-order valence-electron chi connectivity index (χ3n) is 3.36. The summed E-state index contributed by atoms with van der Waals surface area (Å²) in [6.45, 7) is -0.225. The van der Waals surface area contributed by atoms with E-state index in [-0.39, 0.29) is 23.7 Å². The highest BCUT2D eigenvalue weighted by Gasteiger charge is 2.16. The molecule has 0 bridgehead atoms. The van der Waals surface area contributed by atoms with Crippen molar-refractivity contribution >= 4 is 27.4 Å². The van der Waals surface area contributed by atoms with E-state index in [4.69, 9.17) is 16.3 Å². The summed E-state index contributed by atoms with van der Waals surface area (Å²) in [6, 6.07) is 13.1. The van der Waals surface area contributed by atoms with Gasteiger partial charge in [-0.1, -0.05) is 29.8 Å². The lowest BCUT2D eigenvalue weighted by Crippen LogP contribution is -2.14. The van der Waals surface area contributed by atoms with Crippen LogP contribution in [0, 0.1) is 0 Å². The molecule has 2 aromatic carbocycles. The minimum absolute atomic E-state index is 0.0762. The number of carbonyl (C=O) groups excluding carboxylic acids is 1. The summed E-state index contributed by atoms with van der Waals surface area (Å²) in [5.41, 5.74) is 0.707. The zero-order valence-corrected chi connectivity index (χ0v) is 14.6. The number of benzene rings is 2. The van der Waals surface area contributed by atoms with Crippen molar-refractivity contribution in [3.8, 4) is 5.75 Å². The maximum absolute atomic E-state index is 12.4. The summed E-state index contributed by atoms with van der Waals surface area (Å²) in [5.74, 6) is -0.111. The van der Waals surface area contributed by atoms with E-state index in [0.29, 0.717) is 16.3 Å². The Morgan fingerprint density at radius 3 is 2.42 bits per heavy atom. The summed E-state index contributed by atoms with van der Waals surface area (Å²) in [4.78, 5) is 11.4. The number of ether oxygens (including phenoxy) is 2. The molecule has 0 aliphatic carbocycles. The van der Waals surface area contributed by atoms with Gasteiger partial charge in [0.05, 0.1) is 17.8 Å². The second-order valence-corrected chi connectivity index (χ2v) is 7.54. The highest BCUT2D eigenvalue weighted by Crippen LogP contribution is 2.21. The Morgan fingerprint density at radius 2 is 1.75 bits per heavy atom. The number of hydrogen-bond donors (Lipinski definition) is 0. The quantitative estimate of drug-likeness (QED) is 0.703. The maximum Gasteiger partial charge on any atom is 0.343 e. The Balaban J connectivity index is 2.08. The Bertz CT molecular complexity index is 800. The lowest BCUT2D eigenvalue weighted by Gasteiger charge is -2.11. The molecule has 2 rings (SSSR count). The van der Waals surface area contributed by atoms with Crippen molar-refractivity contribution in [1.82, 2.24) is 0 Å². The molecule has 0 saturated heterocycles. The fourth-order valence-electron chi connectivity index (χ4n) is 2.05. The van der Waals surface area contributed by atoms with Crippen LogP contribution in [0.4, 0.5) is 0 Å². The van der Waals surface area contributed by atoms with Gasteiger partial charge in [0.1, 0.15) is 5.75 Å². The summed E-state index contributed by atoms with van der Waals surface area (Å²) in [7, 11) is -2.16.